The maximum absolute atomic E-state index is 14.1. The van der Waals surface area contributed by atoms with Crippen LogP contribution >= 0.6 is 34.7 Å². The van der Waals surface area contributed by atoms with Crippen molar-refractivity contribution in [3.8, 4) is 5.69 Å². The van der Waals surface area contributed by atoms with Crippen LogP contribution in [0.3, 0.4) is 0 Å². The summed E-state index contributed by atoms with van der Waals surface area (Å²) >= 11 is 9.43. The number of thioether (sulfide) groups is 1. The van der Waals surface area contributed by atoms with Crippen LogP contribution in [0.15, 0.2) is 52.4 Å². The Morgan fingerprint density at radius 2 is 2.00 bits per heavy atom. The van der Waals surface area contributed by atoms with Gasteiger partial charge in [0.05, 0.1) is 16.8 Å². The molecule has 1 amide bonds. The standard InChI is InChI=1S/C29H28ClN3O2S2/c1-16-8-11-21-24(12-16)37-27-26(21)28(35)33(20-10-9-17(2)22(30)14-20)29(31-27)36-15-25(34)32-18(3)13-19-6-4-5-7-23(19)32/h4-7,9-10,14,16,18H,8,11-13,15H2,1-3H3/t16-,18+/m0/s1. The van der Waals surface area contributed by atoms with Crippen LogP contribution in [0.1, 0.15) is 41.8 Å². The molecule has 3 heterocycles. The van der Waals surface area contributed by atoms with Crippen molar-refractivity contribution in [3.63, 3.8) is 0 Å². The lowest BCUT2D eigenvalue weighted by Gasteiger charge is -2.23. The van der Waals surface area contributed by atoms with Gasteiger partial charge in [-0.25, -0.2) is 4.98 Å². The fourth-order valence-corrected chi connectivity index (χ4v) is 8.03. The van der Waals surface area contributed by atoms with Gasteiger partial charge in [-0.1, -0.05) is 54.6 Å². The van der Waals surface area contributed by atoms with Crippen LogP contribution in [0.25, 0.3) is 15.9 Å². The van der Waals surface area contributed by atoms with E-state index in [0.29, 0.717) is 21.8 Å². The van der Waals surface area contributed by atoms with Gasteiger partial charge in [-0.2, -0.15) is 0 Å². The van der Waals surface area contributed by atoms with Crippen LogP contribution < -0.4 is 10.5 Å². The summed E-state index contributed by atoms with van der Waals surface area (Å²) in [5, 5.41) is 1.85. The summed E-state index contributed by atoms with van der Waals surface area (Å²) in [6, 6.07) is 13.8. The SMILES string of the molecule is Cc1ccc(-n2c(SCC(=O)N3c4ccccc4C[C@H]3C)nc3sc4c(c3c2=O)CC[C@H](C)C4)cc1Cl. The van der Waals surface area contributed by atoms with E-state index in [0.717, 1.165) is 52.7 Å². The minimum atomic E-state index is -0.0770. The Bertz CT molecular complexity index is 1610. The molecule has 2 atom stereocenters. The molecule has 0 spiro atoms. The number of fused-ring (bicyclic) bond motifs is 4. The molecule has 2 aromatic carbocycles. The first-order valence-electron chi connectivity index (χ1n) is 12.7. The van der Waals surface area contributed by atoms with E-state index in [1.807, 2.05) is 48.2 Å². The predicted octanol–water partition coefficient (Wildman–Crippen LogP) is 6.60. The highest BCUT2D eigenvalue weighted by molar-refractivity contribution is 7.99. The van der Waals surface area contributed by atoms with Gasteiger partial charge >= 0.3 is 0 Å². The number of hydrogen-bond donors (Lipinski definition) is 0. The molecule has 5 nitrogen and oxygen atoms in total. The molecular formula is C29H28ClN3O2S2. The van der Waals surface area contributed by atoms with Crippen molar-refractivity contribution in [1.82, 2.24) is 9.55 Å². The lowest BCUT2D eigenvalue weighted by Crippen LogP contribution is -2.37. The number of nitrogens with zero attached hydrogens (tertiary/aromatic N) is 3. The molecule has 0 radical (unpaired) electrons. The van der Waals surface area contributed by atoms with Crippen molar-refractivity contribution in [2.24, 2.45) is 5.92 Å². The Hall–Kier alpha value is -2.61. The summed E-state index contributed by atoms with van der Waals surface area (Å²) in [6.45, 7) is 6.28. The second-order valence-corrected chi connectivity index (χ2v) is 12.7. The molecule has 8 heteroatoms. The molecule has 6 rings (SSSR count). The number of amides is 1. The summed E-state index contributed by atoms with van der Waals surface area (Å²) in [5.41, 5.74) is 4.86. The highest BCUT2D eigenvalue weighted by Crippen LogP contribution is 2.38. The Morgan fingerprint density at radius 3 is 2.81 bits per heavy atom. The van der Waals surface area contributed by atoms with Gasteiger partial charge in [-0.15, -0.1) is 11.3 Å². The topological polar surface area (TPSA) is 55.2 Å². The third-order valence-electron chi connectivity index (χ3n) is 7.51. The summed E-state index contributed by atoms with van der Waals surface area (Å²) in [4.78, 5) is 36.4. The van der Waals surface area contributed by atoms with Gasteiger partial charge in [-0.3, -0.25) is 14.2 Å². The Kier molecular flexibility index (Phi) is 6.42. The first-order valence-corrected chi connectivity index (χ1v) is 14.9. The van der Waals surface area contributed by atoms with Gasteiger partial charge in [0, 0.05) is 21.6 Å². The average Bonchev–Trinajstić information content (AvgIpc) is 3.40. The maximum Gasteiger partial charge on any atom is 0.267 e. The van der Waals surface area contributed by atoms with Crippen LogP contribution in [0.2, 0.25) is 5.02 Å². The summed E-state index contributed by atoms with van der Waals surface area (Å²) < 4.78 is 1.65. The van der Waals surface area contributed by atoms with Crippen molar-refractivity contribution in [2.45, 2.75) is 57.7 Å². The first-order chi connectivity index (χ1) is 17.8. The first kappa shape index (κ1) is 24.7. The smallest absolute Gasteiger partial charge is 0.267 e. The zero-order valence-electron chi connectivity index (χ0n) is 21.1. The van der Waals surface area contributed by atoms with Gasteiger partial charge in [0.1, 0.15) is 4.83 Å². The fourth-order valence-electron chi connectivity index (χ4n) is 5.56. The van der Waals surface area contributed by atoms with Gasteiger partial charge in [0.2, 0.25) is 5.91 Å². The molecule has 1 aliphatic heterocycles. The van der Waals surface area contributed by atoms with Gasteiger partial charge in [-0.05, 0) is 80.3 Å². The van der Waals surface area contributed by atoms with Crippen LogP contribution in [0, 0.1) is 12.8 Å². The third-order valence-corrected chi connectivity index (χ3v) is 9.99. The molecule has 2 aromatic heterocycles. The molecule has 0 bridgehead atoms. The number of aromatic nitrogens is 2. The lowest BCUT2D eigenvalue weighted by atomic mass is 9.89. The Labute approximate surface area is 229 Å². The molecule has 190 valence electrons. The second kappa shape index (κ2) is 9.61. The number of rotatable bonds is 4. The van der Waals surface area contributed by atoms with Crippen LogP contribution in [-0.4, -0.2) is 27.3 Å². The third kappa shape index (κ3) is 4.31. The highest BCUT2D eigenvalue weighted by Gasteiger charge is 2.31. The van der Waals surface area contributed by atoms with Crippen molar-refractivity contribution in [2.75, 3.05) is 10.7 Å². The number of carbonyl (C=O) groups excluding carboxylic acids is 1. The van der Waals surface area contributed by atoms with Crippen LogP contribution in [0.5, 0.6) is 0 Å². The van der Waals surface area contributed by atoms with Crippen molar-refractivity contribution >= 4 is 56.5 Å². The number of aryl methyl sites for hydroxylation is 2. The number of para-hydroxylation sites is 1. The molecule has 2 aliphatic rings. The molecule has 0 saturated carbocycles. The van der Waals surface area contributed by atoms with E-state index < -0.39 is 0 Å². The van der Waals surface area contributed by atoms with Crippen molar-refractivity contribution < 1.29 is 4.79 Å². The fraction of sp³-hybridized carbons (Fsp3) is 0.345. The minimum Gasteiger partial charge on any atom is -0.308 e. The zero-order valence-corrected chi connectivity index (χ0v) is 23.5. The van der Waals surface area contributed by atoms with Crippen LogP contribution in [0.4, 0.5) is 5.69 Å². The molecule has 0 N–H and O–H groups in total. The number of thiophene rings is 1. The van der Waals surface area contributed by atoms with E-state index in [1.165, 1.54) is 22.2 Å². The summed E-state index contributed by atoms with van der Waals surface area (Å²) in [6.07, 6.45) is 3.82. The number of benzene rings is 2. The molecule has 0 fully saturated rings. The Morgan fingerprint density at radius 1 is 1.19 bits per heavy atom. The predicted molar refractivity (Wildman–Crippen MR) is 154 cm³/mol. The lowest BCUT2D eigenvalue weighted by molar-refractivity contribution is -0.116. The molecule has 1 aliphatic carbocycles. The number of hydrogen-bond acceptors (Lipinski definition) is 5. The monoisotopic (exact) mass is 549 g/mol. The highest BCUT2D eigenvalue weighted by atomic mass is 35.5. The molecule has 4 aromatic rings. The normalized spacial score (nSPS) is 18.8. The van der Waals surface area contributed by atoms with Gasteiger partial charge in [0.15, 0.2) is 5.16 Å². The largest absolute Gasteiger partial charge is 0.308 e. The van der Waals surface area contributed by atoms with Crippen molar-refractivity contribution in [1.29, 1.82) is 0 Å². The Balaban J connectivity index is 1.42. The van der Waals surface area contributed by atoms with Crippen molar-refractivity contribution in [3.05, 3.63) is 79.4 Å². The van der Waals surface area contributed by atoms with E-state index in [2.05, 4.69) is 19.9 Å². The van der Waals surface area contributed by atoms with Gasteiger partial charge < -0.3 is 4.90 Å². The van der Waals surface area contributed by atoms with E-state index in [9.17, 15) is 9.59 Å². The average molecular weight is 550 g/mol. The molecular weight excluding hydrogens is 522 g/mol. The zero-order chi connectivity index (χ0) is 25.8. The minimum absolute atomic E-state index is 0.0181. The molecule has 0 saturated heterocycles. The summed E-state index contributed by atoms with van der Waals surface area (Å²) in [5.74, 6) is 0.818. The number of anilines is 1. The molecule has 37 heavy (non-hydrogen) atoms. The van der Waals surface area contributed by atoms with Crippen LogP contribution in [-0.2, 0) is 24.1 Å². The maximum atomic E-state index is 14.1. The number of carbonyl (C=O) groups is 1. The van der Waals surface area contributed by atoms with E-state index >= 15 is 0 Å². The van der Waals surface area contributed by atoms with Gasteiger partial charge in [0.25, 0.3) is 5.56 Å². The van der Waals surface area contributed by atoms with E-state index in [4.69, 9.17) is 16.6 Å². The molecule has 0 unspecified atom stereocenters. The second-order valence-electron chi connectivity index (χ2n) is 10.2. The number of halogens is 1. The summed E-state index contributed by atoms with van der Waals surface area (Å²) in [7, 11) is 0. The van der Waals surface area contributed by atoms with E-state index in [-0.39, 0.29) is 23.3 Å². The quantitative estimate of drug-likeness (QED) is 0.212. The van der Waals surface area contributed by atoms with E-state index in [1.54, 1.807) is 15.9 Å².